The number of hydrogen-bond acceptors (Lipinski definition) is 3. The average Bonchev–Trinajstić information content (AvgIpc) is 2.16. The number of halogens is 1. The van der Waals surface area contributed by atoms with Crippen molar-refractivity contribution in [2.45, 2.75) is 6.04 Å². The summed E-state index contributed by atoms with van der Waals surface area (Å²) in [6, 6.07) is 4.29. The van der Waals surface area contributed by atoms with Gasteiger partial charge < -0.3 is 15.9 Å². The molecule has 0 spiro atoms. The van der Waals surface area contributed by atoms with Gasteiger partial charge in [-0.25, -0.2) is 4.79 Å². The smallest absolute Gasteiger partial charge is 0.336 e. The Kier molecular flexibility index (Phi) is 3.85. The standard InChI is InChI=1S/C9H10INO3/c10-5-1-2-6(8(11)4-12)7(3-5)9(13)14/h1-3,8,12H,4,11H2,(H,13,14)/t8-/m1/s1. The van der Waals surface area contributed by atoms with Gasteiger partial charge in [0.1, 0.15) is 0 Å². The van der Waals surface area contributed by atoms with Crippen LogP contribution in [0.1, 0.15) is 22.0 Å². The Morgan fingerprint density at radius 3 is 2.71 bits per heavy atom. The maximum Gasteiger partial charge on any atom is 0.336 e. The first-order valence-corrected chi connectivity index (χ1v) is 5.03. The third kappa shape index (κ3) is 2.43. The topological polar surface area (TPSA) is 83.5 Å². The zero-order valence-corrected chi connectivity index (χ0v) is 9.43. The van der Waals surface area contributed by atoms with Crippen LogP contribution in [-0.2, 0) is 0 Å². The molecule has 76 valence electrons. The van der Waals surface area contributed by atoms with Crippen molar-refractivity contribution in [3.05, 3.63) is 32.9 Å². The van der Waals surface area contributed by atoms with Crippen molar-refractivity contribution in [2.24, 2.45) is 5.73 Å². The lowest BCUT2D eigenvalue weighted by Crippen LogP contribution is -2.18. The van der Waals surface area contributed by atoms with Crippen molar-refractivity contribution in [1.29, 1.82) is 0 Å². The molecule has 5 heteroatoms. The summed E-state index contributed by atoms with van der Waals surface area (Å²) in [5, 5.41) is 17.7. The van der Waals surface area contributed by atoms with E-state index in [9.17, 15) is 4.79 Å². The first kappa shape index (κ1) is 11.4. The summed E-state index contributed by atoms with van der Waals surface area (Å²) in [6.07, 6.45) is 0. The van der Waals surface area contributed by atoms with Crippen LogP contribution in [0.3, 0.4) is 0 Å². The van der Waals surface area contributed by atoms with Crippen molar-refractivity contribution in [3.63, 3.8) is 0 Å². The summed E-state index contributed by atoms with van der Waals surface area (Å²) in [4.78, 5) is 10.9. The number of carboxylic acid groups (broad SMARTS) is 1. The molecule has 0 unspecified atom stereocenters. The van der Waals surface area contributed by atoms with Crippen LogP contribution in [-0.4, -0.2) is 22.8 Å². The predicted molar refractivity (Wildman–Crippen MR) is 60.1 cm³/mol. The summed E-state index contributed by atoms with van der Waals surface area (Å²) in [6.45, 7) is -0.263. The zero-order valence-electron chi connectivity index (χ0n) is 7.27. The molecule has 0 aliphatic carbocycles. The molecule has 0 radical (unpaired) electrons. The van der Waals surface area contributed by atoms with Crippen LogP contribution in [0.2, 0.25) is 0 Å². The molecule has 1 aromatic carbocycles. The van der Waals surface area contributed by atoms with Crippen molar-refractivity contribution >= 4 is 28.6 Å². The van der Waals surface area contributed by atoms with Crippen LogP contribution < -0.4 is 5.73 Å². The fraction of sp³-hybridized carbons (Fsp3) is 0.222. The molecule has 0 aliphatic heterocycles. The van der Waals surface area contributed by atoms with Gasteiger partial charge in [0.05, 0.1) is 18.2 Å². The van der Waals surface area contributed by atoms with E-state index < -0.39 is 12.0 Å². The van der Waals surface area contributed by atoms with Crippen LogP contribution in [0.25, 0.3) is 0 Å². The number of aliphatic hydroxyl groups excluding tert-OH is 1. The lowest BCUT2D eigenvalue weighted by Gasteiger charge is -2.11. The van der Waals surface area contributed by atoms with E-state index >= 15 is 0 Å². The van der Waals surface area contributed by atoms with Gasteiger partial charge in [0, 0.05) is 3.57 Å². The highest BCUT2D eigenvalue weighted by Crippen LogP contribution is 2.19. The van der Waals surface area contributed by atoms with Gasteiger partial charge in [0.25, 0.3) is 0 Å². The molecule has 0 saturated heterocycles. The summed E-state index contributed by atoms with van der Waals surface area (Å²) >= 11 is 2.02. The largest absolute Gasteiger partial charge is 0.478 e. The van der Waals surface area contributed by atoms with Crippen molar-refractivity contribution in [2.75, 3.05) is 6.61 Å². The molecule has 14 heavy (non-hydrogen) atoms. The summed E-state index contributed by atoms with van der Waals surface area (Å²) < 4.78 is 0.828. The number of carboxylic acids is 1. The van der Waals surface area contributed by atoms with Gasteiger partial charge in [-0.1, -0.05) is 6.07 Å². The molecule has 0 aliphatic rings. The first-order chi connectivity index (χ1) is 6.56. The second kappa shape index (κ2) is 4.72. The Hall–Kier alpha value is -0.660. The molecule has 4 N–H and O–H groups in total. The van der Waals surface area contributed by atoms with Gasteiger partial charge in [-0.05, 0) is 40.3 Å². The van der Waals surface area contributed by atoms with Gasteiger partial charge >= 0.3 is 5.97 Å². The highest BCUT2D eigenvalue weighted by atomic mass is 127. The number of aromatic carboxylic acids is 1. The molecule has 1 aromatic rings. The molecule has 0 fully saturated rings. The number of carbonyl (C=O) groups is 1. The predicted octanol–water partition coefficient (Wildman–Crippen LogP) is 0.982. The van der Waals surface area contributed by atoms with E-state index in [0.29, 0.717) is 5.56 Å². The highest BCUT2D eigenvalue weighted by molar-refractivity contribution is 14.1. The van der Waals surface area contributed by atoms with E-state index in [0.717, 1.165) is 3.57 Å². The second-order valence-corrected chi connectivity index (χ2v) is 4.07. The maximum atomic E-state index is 10.9. The Balaban J connectivity index is 3.21. The summed E-state index contributed by atoms with van der Waals surface area (Å²) in [7, 11) is 0. The van der Waals surface area contributed by atoms with E-state index in [1.807, 2.05) is 22.6 Å². The first-order valence-electron chi connectivity index (χ1n) is 3.95. The lowest BCUT2D eigenvalue weighted by molar-refractivity contribution is 0.0694. The van der Waals surface area contributed by atoms with Crippen LogP contribution >= 0.6 is 22.6 Å². The monoisotopic (exact) mass is 307 g/mol. The van der Waals surface area contributed by atoms with Crippen LogP contribution in [0.4, 0.5) is 0 Å². The van der Waals surface area contributed by atoms with Gasteiger partial charge in [-0.15, -0.1) is 0 Å². The number of rotatable bonds is 3. The molecule has 4 nitrogen and oxygen atoms in total. The van der Waals surface area contributed by atoms with E-state index in [4.69, 9.17) is 15.9 Å². The molecule has 1 atom stereocenters. The molecule has 1 rings (SSSR count). The fourth-order valence-electron chi connectivity index (χ4n) is 1.14. The highest BCUT2D eigenvalue weighted by Gasteiger charge is 2.15. The normalized spacial score (nSPS) is 12.5. The van der Waals surface area contributed by atoms with E-state index in [-0.39, 0.29) is 12.2 Å². The fourth-order valence-corrected chi connectivity index (χ4v) is 1.63. The van der Waals surface area contributed by atoms with Gasteiger partial charge in [-0.3, -0.25) is 0 Å². The third-order valence-corrected chi connectivity index (χ3v) is 2.51. The zero-order chi connectivity index (χ0) is 10.7. The minimum absolute atomic E-state index is 0.151. The third-order valence-electron chi connectivity index (χ3n) is 1.84. The minimum Gasteiger partial charge on any atom is -0.478 e. The number of benzene rings is 1. The van der Waals surface area contributed by atoms with E-state index in [1.54, 1.807) is 12.1 Å². The SMILES string of the molecule is N[C@H](CO)c1ccc(I)cc1C(=O)O. The Labute approximate surface area is 94.9 Å². The molecule has 0 saturated carbocycles. The van der Waals surface area contributed by atoms with Crippen LogP contribution in [0, 0.1) is 3.57 Å². The summed E-state index contributed by atoms with van der Waals surface area (Å²) in [5.41, 5.74) is 6.18. The van der Waals surface area contributed by atoms with Gasteiger partial charge in [0.2, 0.25) is 0 Å². The molecule has 0 amide bonds. The van der Waals surface area contributed by atoms with Gasteiger partial charge in [0.15, 0.2) is 0 Å². The quantitative estimate of drug-likeness (QED) is 0.727. The van der Waals surface area contributed by atoms with E-state index in [1.165, 1.54) is 6.07 Å². The van der Waals surface area contributed by atoms with Crippen molar-refractivity contribution in [1.82, 2.24) is 0 Å². The van der Waals surface area contributed by atoms with Crippen LogP contribution in [0.5, 0.6) is 0 Å². The molecular weight excluding hydrogens is 297 g/mol. The Morgan fingerprint density at radius 1 is 1.57 bits per heavy atom. The minimum atomic E-state index is -1.03. The van der Waals surface area contributed by atoms with Gasteiger partial charge in [-0.2, -0.15) is 0 Å². The van der Waals surface area contributed by atoms with E-state index in [2.05, 4.69) is 0 Å². The number of hydrogen-bond donors (Lipinski definition) is 3. The molecule has 0 heterocycles. The maximum absolute atomic E-state index is 10.9. The average molecular weight is 307 g/mol. The summed E-state index contributed by atoms with van der Waals surface area (Å²) in [5.74, 6) is -1.03. The molecule has 0 aromatic heterocycles. The molecule has 0 bridgehead atoms. The molecular formula is C9H10INO3. The van der Waals surface area contributed by atoms with Crippen LogP contribution in [0.15, 0.2) is 18.2 Å². The Bertz CT molecular complexity index is 354. The number of nitrogens with two attached hydrogens (primary N) is 1. The lowest BCUT2D eigenvalue weighted by atomic mass is 10.0. The number of aliphatic hydroxyl groups is 1. The van der Waals surface area contributed by atoms with Crippen molar-refractivity contribution < 1.29 is 15.0 Å². The Morgan fingerprint density at radius 2 is 2.21 bits per heavy atom. The van der Waals surface area contributed by atoms with Crippen molar-refractivity contribution in [3.8, 4) is 0 Å². The second-order valence-electron chi connectivity index (χ2n) is 2.83.